The highest BCUT2D eigenvalue weighted by molar-refractivity contribution is 6.30. The molecular weight excluding hydrogens is 276 g/mol. The van der Waals surface area contributed by atoms with E-state index in [0.717, 1.165) is 0 Å². The number of nitrogens with one attached hydrogen (secondary N) is 1. The lowest BCUT2D eigenvalue weighted by atomic mass is 10.3. The van der Waals surface area contributed by atoms with E-state index in [9.17, 15) is 4.79 Å². The van der Waals surface area contributed by atoms with Gasteiger partial charge in [-0.05, 0) is 42.5 Å². The Kier molecular flexibility index (Phi) is 4.85. The van der Waals surface area contributed by atoms with Crippen LogP contribution >= 0.6 is 11.6 Å². The maximum absolute atomic E-state index is 11.7. The molecule has 2 rings (SSSR count). The molecule has 0 spiro atoms. The maximum Gasteiger partial charge on any atom is 0.227 e. The number of hydrogen-bond donors (Lipinski definition) is 2. The number of carbonyl (C=O) groups is 1. The number of nitrogens with two attached hydrogens (primary N) is 1. The van der Waals surface area contributed by atoms with Crippen LogP contribution in [0.25, 0.3) is 0 Å². The second-order valence-corrected chi connectivity index (χ2v) is 4.66. The molecule has 0 aliphatic heterocycles. The summed E-state index contributed by atoms with van der Waals surface area (Å²) in [4.78, 5) is 11.7. The lowest BCUT2D eigenvalue weighted by Crippen LogP contribution is -2.15. The summed E-state index contributed by atoms with van der Waals surface area (Å²) < 4.78 is 5.45. The van der Waals surface area contributed by atoms with E-state index in [4.69, 9.17) is 22.1 Å². The van der Waals surface area contributed by atoms with Crippen molar-refractivity contribution in [3.05, 3.63) is 53.6 Å². The maximum atomic E-state index is 11.7. The number of hydrogen-bond acceptors (Lipinski definition) is 3. The third-order valence-corrected chi connectivity index (χ3v) is 2.83. The predicted octanol–water partition coefficient (Wildman–Crippen LogP) is 3.33. The Hall–Kier alpha value is -2.20. The van der Waals surface area contributed by atoms with Crippen LogP contribution in [0.5, 0.6) is 5.75 Å². The minimum atomic E-state index is -0.121. The molecule has 3 N–H and O–H groups in total. The summed E-state index contributed by atoms with van der Waals surface area (Å²) in [5, 5.41) is 3.41. The molecule has 0 saturated heterocycles. The van der Waals surface area contributed by atoms with Gasteiger partial charge >= 0.3 is 0 Å². The minimum Gasteiger partial charge on any atom is -0.493 e. The molecule has 0 saturated carbocycles. The van der Waals surface area contributed by atoms with Crippen molar-refractivity contribution in [3.8, 4) is 5.75 Å². The molecule has 0 aliphatic carbocycles. The standard InChI is InChI=1S/C15H15ClN2O2/c16-11-4-6-14(7-5-11)20-9-8-15(19)18-13-3-1-2-12(17)10-13/h1-7,10H,8-9,17H2,(H,18,19). The SMILES string of the molecule is Nc1cccc(NC(=O)CCOc2ccc(Cl)cc2)c1. The van der Waals surface area contributed by atoms with Gasteiger partial charge in [0.25, 0.3) is 0 Å². The third-order valence-electron chi connectivity index (χ3n) is 2.58. The average Bonchev–Trinajstić information content (AvgIpc) is 2.41. The van der Waals surface area contributed by atoms with Gasteiger partial charge in [-0.25, -0.2) is 0 Å². The largest absolute Gasteiger partial charge is 0.493 e. The zero-order valence-electron chi connectivity index (χ0n) is 10.8. The van der Waals surface area contributed by atoms with Crippen LogP contribution in [0.15, 0.2) is 48.5 Å². The Balaban J connectivity index is 1.76. The van der Waals surface area contributed by atoms with E-state index < -0.39 is 0 Å². The quantitative estimate of drug-likeness (QED) is 0.830. The van der Waals surface area contributed by atoms with Crippen molar-refractivity contribution in [1.82, 2.24) is 0 Å². The summed E-state index contributed by atoms with van der Waals surface area (Å²) in [6.07, 6.45) is 0.261. The first-order valence-electron chi connectivity index (χ1n) is 6.17. The van der Waals surface area contributed by atoms with E-state index >= 15 is 0 Å². The molecule has 20 heavy (non-hydrogen) atoms. The van der Waals surface area contributed by atoms with Crippen molar-refractivity contribution in [1.29, 1.82) is 0 Å². The van der Waals surface area contributed by atoms with Gasteiger partial charge < -0.3 is 15.8 Å². The van der Waals surface area contributed by atoms with Crippen LogP contribution in [0, 0.1) is 0 Å². The van der Waals surface area contributed by atoms with E-state index in [1.54, 1.807) is 48.5 Å². The molecule has 104 valence electrons. The van der Waals surface area contributed by atoms with E-state index in [1.807, 2.05) is 0 Å². The Morgan fingerprint density at radius 1 is 1.20 bits per heavy atom. The first-order valence-corrected chi connectivity index (χ1v) is 6.55. The smallest absolute Gasteiger partial charge is 0.227 e. The molecule has 0 fully saturated rings. The molecule has 4 nitrogen and oxygen atoms in total. The van der Waals surface area contributed by atoms with Gasteiger partial charge in [0, 0.05) is 16.4 Å². The highest BCUT2D eigenvalue weighted by atomic mass is 35.5. The number of anilines is 2. The Morgan fingerprint density at radius 2 is 1.95 bits per heavy atom. The Bertz CT molecular complexity index is 585. The highest BCUT2D eigenvalue weighted by Crippen LogP contribution is 2.16. The second-order valence-electron chi connectivity index (χ2n) is 4.23. The summed E-state index contributed by atoms with van der Waals surface area (Å²) in [6.45, 7) is 0.301. The van der Waals surface area contributed by atoms with Gasteiger partial charge in [0.15, 0.2) is 0 Å². The van der Waals surface area contributed by atoms with Crippen LogP contribution in [0.4, 0.5) is 11.4 Å². The fourth-order valence-corrected chi connectivity index (χ4v) is 1.76. The van der Waals surface area contributed by atoms with Crippen LogP contribution in [0.3, 0.4) is 0 Å². The molecule has 0 bridgehead atoms. The summed E-state index contributed by atoms with van der Waals surface area (Å²) in [5.74, 6) is 0.565. The van der Waals surface area contributed by atoms with Crippen LogP contribution in [0.1, 0.15) is 6.42 Å². The minimum absolute atomic E-state index is 0.121. The summed E-state index contributed by atoms with van der Waals surface area (Å²) in [6, 6.07) is 14.0. The molecule has 2 aromatic rings. The first kappa shape index (κ1) is 14.2. The zero-order valence-corrected chi connectivity index (χ0v) is 11.6. The van der Waals surface area contributed by atoms with Gasteiger partial charge in [0.05, 0.1) is 13.0 Å². The number of halogens is 1. The van der Waals surface area contributed by atoms with Crippen molar-refractivity contribution in [3.63, 3.8) is 0 Å². The molecular formula is C15H15ClN2O2. The van der Waals surface area contributed by atoms with E-state index in [2.05, 4.69) is 5.32 Å². The number of ether oxygens (including phenoxy) is 1. The van der Waals surface area contributed by atoms with Crippen LogP contribution in [-0.2, 0) is 4.79 Å². The van der Waals surface area contributed by atoms with Gasteiger partial charge in [0.1, 0.15) is 5.75 Å². The average molecular weight is 291 g/mol. The van der Waals surface area contributed by atoms with Gasteiger partial charge in [-0.3, -0.25) is 4.79 Å². The molecule has 0 radical (unpaired) electrons. The third kappa shape index (κ3) is 4.48. The number of amides is 1. The van der Waals surface area contributed by atoms with Gasteiger partial charge in [-0.1, -0.05) is 17.7 Å². The second kappa shape index (κ2) is 6.82. The molecule has 5 heteroatoms. The van der Waals surface area contributed by atoms with E-state index in [0.29, 0.717) is 28.8 Å². The van der Waals surface area contributed by atoms with Gasteiger partial charge in [-0.15, -0.1) is 0 Å². The molecule has 0 heterocycles. The van der Waals surface area contributed by atoms with Crippen molar-refractivity contribution in [2.45, 2.75) is 6.42 Å². The van der Waals surface area contributed by atoms with Crippen LogP contribution in [0.2, 0.25) is 5.02 Å². The normalized spacial score (nSPS) is 10.1. The fraction of sp³-hybridized carbons (Fsp3) is 0.133. The Morgan fingerprint density at radius 3 is 2.65 bits per heavy atom. The number of carbonyl (C=O) groups excluding carboxylic acids is 1. The van der Waals surface area contributed by atoms with Gasteiger partial charge in [-0.2, -0.15) is 0 Å². The monoisotopic (exact) mass is 290 g/mol. The summed E-state index contributed by atoms with van der Waals surface area (Å²) in [5.41, 5.74) is 6.93. The Labute approximate surface area is 122 Å². The molecule has 0 atom stereocenters. The summed E-state index contributed by atoms with van der Waals surface area (Å²) in [7, 11) is 0. The molecule has 0 aromatic heterocycles. The van der Waals surface area contributed by atoms with E-state index in [1.165, 1.54) is 0 Å². The highest BCUT2D eigenvalue weighted by Gasteiger charge is 2.03. The molecule has 0 aliphatic rings. The van der Waals surface area contributed by atoms with Crippen LogP contribution < -0.4 is 15.8 Å². The number of nitrogen functional groups attached to an aromatic ring is 1. The number of rotatable bonds is 5. The molecule has 2 aromatic carbocycles. The van der Waals surface area contributed by atoms with Crippen LogP contribution in [-0.4, -0.2) is 12.5 Å². The van der Waals surface area contributed by atoms with Crippen molar-refractivity contribution < 1.29 is 9.53 Å². The fourth-order valence-electron chi connectivity index (χ4n) is 1.63. The van der Waals surface area contributed by atoms with Crippen molar-refractivity contribution >= 4 is 28.9 Å². The van der Waals surface area contributed by atoms with E-state index in [-0.39, 0.29) is 12.3 Å². The topological polar surface area (TPSA) is 64.3 Å². The molecule has 1 amide bonds. The van der Waals surface area contributed by atoms with Crippen molar-refractivity contribution in [2.24, 2.45) is 0 Å². The molecule has 0 unspecified atom stereocenters. The number of benzene rings is 2. The zero-order chi connectivity index (χ0) is 14.4. The first-order chi connectivity index (χ1) is 9.63. The summed E-state index contributed by atoms with van der Waals surface area (Å²) >= 11 is 5.77. The van der Waals surface area contributed by atoms with Crippen molar-refractivity contribution in [2.75, 3.05) is 17.7 Å². The lowest BCUT2D eigenvalue weighted by molar-refractivity contribution is -0.116. The lowest BCUT2D eigenvalue weighted by Gasteiger charge is -2.07. The van der Waals surface area contributed by atoms with Gasteiger partial charge in [0.2, 0.25) is 5.91 Å². The predicted molar refractivity (Wildman–Crippen MR) is 81.0 cm³/mol.